The molecule has 7 nitrogen and oxygen atoms in total. The molecule has 1 aromatic carbocycles. The Balaban J connectivity index is 1.77. The molecule has 0 spiro atoms. The van der Waals surface area contributed by atoms with Crippen LogP contribution in [0.2, 0.25) is 0 Å². The second-order valence-electron chi connectivity index (χ2n) is 6.19. The lowest BCUT2D eigenvalue weighted by atomic mass is 10.1. The lowest BCUT2D eigenvalue weighted by Crippen LogP contribution is -2.24. The van der Waals surface area contributed by atoms with Gasteiger partial charge in [0, 0.05) is 29.9 Å². The lowest BCUT2D eigenvalue weighted by Gasteiger charge is -2.10. The number of aryl methyl sites for hydroxylation is 1. The molecule has 0 saturated heterocycles. The van der Waals surface area contributed by atoms with Crippen LogP contribution in [0.15, 0.2) is 42.2 Å². The summed E-state index contributed by atoms with van der Waals surface area (Å²) in [7, 11) is 3.11. The van der Waals surface area contributed by atoms with Crippen LogP contribution in [0.3, 0.4) is 0 Å². The number of nitrogens with zero attached hydrogens (tertiary/aromatic N) is 2. The molecule has 2 aromatic heterocycles. The van der Waals surface area contributed by atoms with Crippen LogP contribution in [0.25, 0.3) is 17.1 Å². The van der Waals surface area contributed by atoms with Crippen molar-refractivity contribution in [3.8, 4) is 17.6 Å². The second kappa shape index (κ2) is 8.27. The van der Waals surface area contributed by atoms with Crippen molar-refractivity contribution < 1.29 is 14.3 Å². The van der Waals surface area contributed by atoms with Gasteiger partial charge in [-0.15, -0.1) is 0 Å². The zero-order chi connectivity index (χ0) is 20.1. The number of nitrogens with one attached hydrogen (secondary N) is 2. The fourth-order valence-corrected chi connectivity index (χ4v) is 2.82. The summed E-state index contributed by atoms with van der Waals surface area (Å²) in [5.41, 5.74) is 3.29. The number of hydrogen-bond donors (Lipinski definition) is 2. The van der Waals surface area contributed by atoms with Gasteiger partial charge in [-0.05, 0) is 42.3 Å². The molecule has 3 aromatic rings. The first-order chi connectivity index (χ1) is 13.5. The number of carbonyl (C=O) groups is 1. The number of H-pyrrole nitrogens is 1. The van der Waals surface area contributed by atoms with Crippen LogP contribution in [0.5, 0.6) is 11.5 Å². The van der Waals surface area contributed by atoms with Crippen LogP contribution < -0.4 is 14.8 Å². The van der Waals surface area contributed by atoms with Crippen LogP contribution >= 0.6 is 0 Å². The normalized spacial score (nSPS) is 11.1. The maximum absolute atomic E-state index is 12.5. The van der Waals surface area contributed by atoms with Gasteiger partial charge in [-0.2, -0.15) is 5.26 Å². The first kappa shape index (κ1) is 19.0. The fraction of sp³-hybridized carbons (Fsp3) is 0.190. The van der Waals surface area contributed by atoms with Gasteiger partial charge < -0.3 is 19.8 Å². The molecule has 0 bridgehead atoms. The Hall–Kier alpha value is -3.79. The standard InChI is InChI=1S/C21H20N4O3/c1-13-6-17-16(12-24-20(17)23-10-13)8-15(9-22)21(26)25-11-14-4-5-18(27-2)19(7-14)28-3/h4-8,10,12H,11H2,1-3H3,(H,23,24)(H,25,26)/b15-8+. The van der Waals surface area contributed by atoms with Crippen LogP contribution in [-0.2, 0) is 11.3 Å². The van der Waals surface area contributed by atoms with Gasteiger partial charge in [-0.1, -0.05) is 6.07 Å². The van der Waals surface area contributed by atoms with Crippen LogP contribution in [0.4, 0.5) is 0 Å². The number of hydrogen-bond acceptors (Lipinski definition) is 5. The number of nitriles is 1. The Morgan fingerprint density at radius 2 is 2.07 bits per heavy atom. The van der Waals surface area contributed by atoms with Gasteiger partial charge in [0.25, 0.3) is 5.91 Å². The van der Waals surface area contributed by atoms with Crippen LogP contribution in [-0.4, -0.2) is 30.1 Å². The third-order valence-corrected chi connectivity index (χ3v) is 4.27. The maximum Gasteiger partial charge on any atom is 0.262 e. The van der Waals surface area contributed by atoms with Crippen LogP contribution in [0.1, 0.15) is 16.7 Å². The Morgan fingerprint density at radius 1 is 1.29 bits per heavy atom. The van der Waals surface area contributed by atoms with Crippen molar-refractivity contribution in [2.45, 2.75) is 13.5 Å². The number of benzene rings is 1. The summed E-state index contributed by atoms with van der Waals surface area (Å²) < 4.78 is 10.5. The molecule has 3 rings (SSSR count). The number of aromatic amines is 1. The summed E-state index contributed by atoms with van der Waals surface area (Å²) in [6.07, 6.45) is 5.05. The van der Waals surface area contributed by atoms with Crippen molar-refractivity contribution in [3.05, 3.63) is 58.9 Å². The predicted octanol–water partition coefficient (Wildman–Crippen LogP) is 3.11. The zero-order valence-corrected chi connectivity index (χ0v) is 15.9. The highest BCUT2D eigenvalue weighted by molar-refractivity contribution is 6.03. The van der Waals surface area contributed by atoms with E-state index in [1.165, 1.54) is 0 Å². The molecule has 0 atom stereocenters. The molecule has 2 N–H and O–H groups in total. The maximum atomic E-state index is 12.5. The molecular weight excluding hydrogens is 356 g/mol. The van der Waals surface area contributed by atoms with E-state index < -0.39 is 5.91 Å². The first-order valence-corrected chi connectivity index (χ1v) is 8.60. The van der Waals surface area contributed by atoms with E-state index in [0.29, 0.717) is 17.1 Å². The van der Waals surface area contributed by atoms with E-state index in [0.717, 1.165) is 22.1 Å². The number of ether oxygens (including phenoxy) is 2. The zero-order valence-electron chi connectivity index (χ0n) is 15.9. The van der Waals surface area contributed by atoms with Crippen molar-refractivity contribution in [3.63, 3.8) is 0 Å². The van der Waals surface area contributed by atoms with E-state index in [1.807, 2.05) is 25.1 Å². The topological polar surface area (TPSA) is 100 Å². The van der Waals surface area contributed by atoms with Crippen molar-refractivity contribution in [1.29, 1.82) is 5.26 Å². The minimum absolute atomic E-state index is 0.0166. The lowest BCUT2D eigenvalue weighted by molar-refractivity contribution is -0.117. The van der Waals surface area contributed by atoms with E-state index in [-0.39, 0.29) is 12.1 Å². The number of fused-ring (bicyclic) bond motifs is 1. The van der Waals surface area contributed by atoms with Gasteiger partial charge in [0.2, 0.25) is 0 Å². The minimum atomic E-state index is -0.452. The quantitative estimate of drug-likeness (QED) is 0.509. The van der Waals surface area contributed by atoms with Crippen LogP contribution in [0, 0.1) is 18.3 Å². The molecular formula is C21H20N4O3. The number of amides is 1. The smallest absolute Gasteiger partial charge is 0.262 e. The Bertz CT molecular complexity index is 1090. The van der Waals surface area contributed by atoms with E-state index in [2.05, 4.69) is 15.3 Å². The Morgan fingerprint density at radius 3 is 2.79 bits per heavy atom. The molecule has 0 aliphatic rings. The summed E-state index contributed by atoms with van der Waals surface area (Å²) in [5.74, 6) is 0.734. The molecule has 0 unspecified atom stereocenters. The SMILES string of the molecule is COc1ccc(CNC(=O)/C(C#N)=C/c2c[nH]c3ncc(C)cc23)cc1OC. The predicted molar refractivity (Wildman–Crippen MR) is 106 cm³/mol. The van der Waals surface area contributed by atoms with Crippen molar-refractivity contribution in [2.75, 3.05) is 14.2 Å². The molecule has 2 heterocycles. The van der Waals surface area contributed by atoms with E-state index in [1.54, 1.807) is 44.8 Å². The summed E-state index contributed by atoms with van der Waals surface area (Å²) in [4.78, 5) is 19.8. The number of rotatable bonds is 6. The van der Waals surface area contributed by atoms with Crippen molar-refractivity contribution in [1.82, 2.24) is 15.3 Å². The highest BCUT2D eigenvalue weighted by Gasteiger charge is 2.12. The molecule has 1 amide bonds. The van der Waals surface area contributed by atoms with Crippen molar-refractivity contribution in [2.24, 2.45) is 0 Å². The van der Waals surface area contributed by atoms with E-state index in [9.17, 15) is 10.1 Å². The van der Waals surface area contributed by atoms with Crippen molar-refractivity contribution >= 4 is 23.0 Å². The number of aromatic nitrogens is 2. The average molecular weight is 376 g/mol. The van der Waals surface area contributed by atoms with Gasteiger partial charge in [0.15, 0.2) is 11.5 Å². The number of pyridine rings is 1. The molecule has 0 aliphatic carbocycles. The van der Waals surface area contributed by atoms with Gasteiger partial charge in [-0.3, -0.25) is 4.79 Å². The molecule has 0 aliphatic heterocycles. The van der Waals surface area contributed by atoms with Gasteiger partial charge in [0.1, 0.15) is 17.3 Å². The molecule has 0 radical (unpaired) electrons. The minimum Gasteiger partial charge on any atom is -0.493 e. The van der Waals surface area contributed by atoms with Gasteiger partial charge in [-0.25, -0.2) is 4.98 Å². The molecule has 142 valence electrons. The highest BCUT2D eigenvalue weighted by atomic mass is 16.5. The Kier molecular flexibility index (Phi) is 5.61. The van der Waals surface area contributed by atoms with Gasteiger partial charge >= 0.3 is 0 Å². The third kappa shape index (κ3) is 3.96. The summed E-state index contributed by atoms with van der Waals surface area (Å²) in [5, 5.41) is 13.0. The molecule has 28 heavy (non-hydrogen) atoms. The summed E-state index contributed by atoms with van der Waals surface area (Å²) >= 11 is 0. The first-order valence-electron chi connectivity index (χ1n) is 8.60. The summed E-state index contributed by atoms with van der Waals surface area (Å²) in [6, 6.07) is 9.30. The second-order valence-corrected chi connectivity index (χ2v) is 6.19. The highest BCUT2D eigenvalue weighted by Crippen LogP contribution is 2.27. The number of carbonyl (C=O) groups excluding carboxylic acids is 1. The van der Waals surface area contributed by atoms with Gasteiger partial charge in [0.05, 0.1) is 14.2 Å². The molecule has 0 fully saturated rings. The van der Waals surface area contributed by atoms with E-state index in [4.69, 9.17) is 9.47 Å². The fourth-order valence-electron chi connectivity index (χ4n) is 2.82. The average Bonchev–Trinajstić information content (AvgIpc) is 3.11. The molecule has 7 heteroatoms. The van der Waals surface area contributed by atoms with E-state index >= 15 is 0 Å². The number of methoxy groups -OCH3 is 2. The monoisotopic (exact) mass is 376 g/mol. The third-order valence-electron chi connectivity index (χ3n) is 4.27. The molecule has 0 saturated carbocycles. The largest absolute Gasteiger partial charge is 0.493 e. The summed E-state index contributed by atoms with van der Waals surface area (Å²) in [6.45, 7) is 2.20. The Labute approximate surface area is 162 Å².